The summed E-state index contributed by atoms with van der Waals surface area (Å²) in [4.78, 5) is 8.18. The zero-order chi connectivity index (χ0) is 10.5. The molecule has 0 aliphatic carbocycles. The van der Waals surface area contributed by atoms with Gasteiger partial charge in [-0.05, 0) is 19.1 Å². The Hall–Kier alpha value is -1.68. The molecule has 0 bridgehead atoms. The molecule has 2 aromatic heterocycles. The van der Waals surface area contributed by atoms with Crippen LogP contribution in [0.2, 0.25) is 0 Å². The van der Waals surface area contributed by atoms with Gasteiger partial charge in [0.15, 0.2) is 0 Å². The van der Waals surface area contributed by atoms with Crippen LogP contribution in [0, 0.1) is 0 Å². The molecule has 0 unspecified atom stereocenters. The van der Waals surface area contributed by atoms with Crippen LogP contribution in [0.25, 0.3) is 0 Å². The van der Waals surface area contributed by atoms with Gasteiger partial charge in [0, 0.05) is 25.1 Å². The predicted octanol–water partition coefficient (Wildman–Crippen LogP) is 1.92. The van der Waals surface area contributed by atoms with Crippen molar-refractivity contribution in [3.05, 3.63) is 48.4 Å². The van der Waals surface area contributed by atoms with Gasteiger partial charge in [-0.3, -0.25) is 9.97 Å². The monoisotopic (exact) mass is 203 g/mol. The minimum Gasteiger partial charge on any atom is -0.468 e. The van der Waals surface area contributed by atoms with Crippen molar-refractivity contribution in [2.45, 2.75) is 19.5 Å². The second kappa shape index (κ2) is 4.70. The minimum absolute atomic E-state index is 0.182. The highest BCUT2D eigenvalue weighted by Crippen LogP contribution is 2.12. The first-order chi connectivity index (χ1) is 7.36. The maximum Gasteiger partial charge on any atom is 0.120 e. The van der Waals surface area contributed by atoms with Gasteiger partial charge in [0.25, 0.3) is 0 Å². The molecule has 1 N–H and O–H groups in total. The van der Waals surface area contributed by atoms with Crippen LogP contribution in [0.4, 0.5) is 0 Å². The fraction of sp³-hybridized carbons (Fsp3) is 0.273. The van der Waals surface area contributed by atoms with Crippen molar-refractivity contribution in [2.24, 2.45) is 0 Å². The fourth-order valence-corrected chi connectivity index (χ4v) is 1.32. The number of furan rings is 1. The summed E-state index contributed by atoms with van der Waals surface area (Å²) in [6, 6.07) is 4.02. The lowest BCUT2D eigenvalue weighted by atomic mass is 10.2. The fourth-order valence-electron chi connectivity index (χ4n) is 1.32. The number of nitrogens with zero attached hydrogens (tertiary/aromatic N) is 2. The van der Waals surface area contributed by atoms with Crippen molar-refractivity contribution < 1.29 is 4.42 Å². The van der Waals surface area contributed by atoms with Gasteiger partial charge >= 0.3 is 0 Å². The summed E-state index contributed by atoms with van der Waals surface area (Å²) in [6.45, 7) is 2.74. The van der Waals surface area contributed by atoms with E-state index in [1.54, 1.807) is 24.9 Å². The van der Waals surface area contributed by atoms with Crippen LogP contribution in [0.3, 0.4) is 0 Å². The summed E-state index contributed by atoms with van der Waals surface area (Å²) < 4.78 is 5.29. The van der Waals surface area contributed by atoms with Gasteiger partial charge < -0.3 is 9.73 Å². The topological polar surface area (TPSA) is 51.0 Å². The first kappa shape index (κ1) is 9.86. The van der Waals surface area contributed by atoms with Crippen LogP contribution in [-0.2, 0) is 6.54 Å². The molecule has 0 aromatic carbocycles. The van der Waals surface area contributed by atoms with Crippen molar-refractivity contribution in [1.82, 2.24) is 15.3 Å². The molecule has 0 radical (unpaired) electrons. The third-order valence-corrected chi connectivity index (χ3v) is 2.18. The van der Waals surface area contributed by atoms with Gasteiger partial charge in [0.1, 0.15) is 5.76 Å². The SMILES string of the molecule is C[C@@H](NCc1cnccn1)c1ccco1. The zero-order valence-corrected chi connectivity index (χ0v) is 8.55. The standard InChI is InChI=1S/C11H13N3O/c1-9(11-3-2-6-15-11)14-8-10-7-12-4-5-13-10/h2-7,9,14H,8H2,1H3/t9-/m1/s1. The van der Waals surface area contributed by atoms with Crippen molar-refractivity contribution in [3.63, 3.8) is 0 Å². The predicted molar refractivity (Wildman–Crippen MR) is 56.0 cm³/mol. The molecule has 0 spiro atoms. The van der Waals surface area contributed by atoms with E-state index in [0.29, 0.717) is 6.54 Å². The maximum absolute atomic E-state index is 5.29. The molecule has 1 atom stereocenters. The largest absolute Gasteiger partial charge is 0.468 e. The van der Waals surface area contributed by atoms with Crippen molar-refractivity contribution >= 4 is 0 Å². The van der Waals surface area contributed by atoms with E-state index in [4.69, 9.17) is 4.42 Å². The van der Waals surface area contributed by atoms with Gasteiger partial charge in [-0.25, -0.2) is 0 Å². The van der Waals surface area contributed by atoms with Gasteiger partial charge in [0.2, 0.25) is 0 Å². The first-order valence-corrected chi connectivity index (χ1v) is 4.88. The summed E-state index contributed by atoms with van der Waals surface area (Å²) in [5.41, 5.74) is 0.927. The molecule has 2 aromatic rings. The maximum atomic E-state index is 5.29. The molecule has 0 saturated heterocycles. The van der Waals surface area contributed by atoms with Crippen LogP contribution in [0.1, 0.15) is 24.4 Å². The van der Waals surface area contributed by atoms with Crippen LogP contribution in [0.15, 0.2) is 41.4 Å². The van der Waals surface area contributed by atoms with E-state index in [1.165, 1.54) is 0 Å². The molecule has 2 heterocycles. The number of nitrogens with one attached hydrogen (secondary N) is 1. The Bertz CT molecular complexity index is 385. The molecular formula is C11H13N3O. The highest BCUT2D eigenvalue weighted by Gasteiger charge is 2.06. The first-order valence-electron chi connectivity index (χ1n) is 4.88. The van der Waals surface area contributed by atoms with Gasteiger partial charge in [-0.1, -0.05) is 0 Å². The Morgan fingerprint density at radius 1 is 1.47 bits per heavy atom. The summed E-state index contributed by atoms with van der Waals surface area (Å²) in [5.74, 6) is 0.930. The van der Waals surface area contributed by atoms with Crippen molar-refractivity contribution in [2.75, 3.05) is 0 Å². The van der Waals surface area contributed by atoms with Crippen LogP contribution < -0.4 is 5.32 Å². The molecule has 0 aliphatic rings. The third-order valence-electron chi connectivity index (χ3n) is 2.18. The van der Waals surface area contributed by atoms with E-state index in [9.17, 15) is 0 Å². The smallest absolute Gasteiger partial charge is 0.120 e. The van der Waals surface area contributed by atoms with Crippen molar-refractivity contribution in [1.29, 1.82) is 0 Å². The summed E-state index contributed by atoms with van der Waals surface area (Å²) >= 11 is 0. The summed E-state index contributed by atoms with van der Waals surface area (Å²) in [7, 11) is 0. The molecule has 4 heteroatoms. The van der Waals surface area contributed by atoms with E-state index >= 15 is 0 Å². The molecule has 4 nitrogen and oxygen atoms in total. The second-order valence-electron chi connectivity index (χ2n) is 3.31. The highest BCUT2D eigenvalue weighted by molar-refractivity contribution is 5.04. The van der Waals surface area contributed by atoms with Gasteiger partial charge in [0.05, 0.1) is 18.0 Å². The molecule has 0 fully saturated rings. The average molecular weight is 203 g/mol. The number of hydrogen-bond donors (Lipinski definition) is 1. The average Bonchev–Trinajstić information content (AvgIpc) is 2.81. The molecule has 0 amide bonds. The van der Waals surface area contributed by atoms with E-state index in [-0.39, 0.29) is 6.04 Å². The molecule has 0 aliphatic heterocycles. The zero-order valence-electron chi connectivity index (χ0n) is 8.55. The molecule has 0 saturated carbocycles. The Labute approximate surface area is 88.4 Å². The van der Waals surface area contributed by atoms with E-state index in [2.05, 4.69) is 22.2 Å². The molecule has 2 rings (SSSR count). The van der Waals surface area contributed by atoms with E-state index in [1.807, 2.05) is 12.1 Å². The van der Waals surface area contributed by atoms with Gasteiger partial charge in [-0.15, -0.1) is 0 Å². The quantitative estimate of drug-likeness (QED) is 0.824. The van der Waals surface area contributed by atoms with Gasteiger partial charge in [-0.2, -0.15) is 0 Å². The van der Waals surface area contributed by atoms with Crippen LogP contribution >= 0.6 is 0 Å². The highest BCUT2D eigenvalue weighted by atomic mass is 16.3. The third kappa shape index (κ3) is 2.63. The number of aromatic nitrogens is 2. The Balaban J connectivity index is 1.89. The van der Waals surface area contributed by atoms with E-state index < -0.39 is 0 Å². The molecular weight excluding hydrogens is 190 g/mol. The van der Waals surface area contributed by atoms with Crippen LogP contribution in [-0.4, -0.2) is 9.97 Å². The molecule has 15 heavy (non-hydrogen) atoms. The summed E-state index contributed by atoms with van der Waals surface area (Å²) in [5, 5.41) is 3.31. The second-order valence-corrected chi connectivity index (χ2v) is 3.31. The summed E-state index contributed by atoms with van der Waals surface area (Å²) in [6.07, 6.45) is 6.78. The lowest BCUT2D eigenvalue weighted by Crippen LogP contribution is -2.18. The Morgan fingerprint density at radius 3 is 3.07 bits per heavy atom. The number of hydrogen-bond acceptors (Lipinski definition) is 4. The molecule has 78 valence electrons. The van der Waals surface area contributed by atoms with Crippen molar-refractivity contribution in [3.8, 4) is 0 Å². The lowest BCUT2D eigenvalue weighted by molar-refractivity contribution is 0.428. The number of rotatable bonds is 4. The lowest BCUT2D eigenvalue weighted by Gasteiger charge is -2.10. The van der Waals surface area contributed by atoms with E-state index in [0.717, 1.165) is 11.5 Å². The van der Waals surface area contributed by atoms with Crippen LogP contribution in [0.5, 0.6) is 0 Å². The Morgan fingerprint density at radius 2 is 2.40 bits per heavy atom. The normalized spacial score (nSPS) is 12.6. The Kier molecular flexibility index (Phi) is 3.09. The minimum atomic E-state index is 0.182.